The molecule has 0 aliphatic carbocycles. The number of rotatable bonds is 7. The van der Waals surface area contributed by atoms with Crippen molar-refractivity contribution < 1.29 is 14.0 Å². The summed E-state index contributed by atoms with van der Waals surface area (Å²) in [5.41, 5.74) is 3.51. The lowest BCUT2D eigenvalue weighted by Crippen LogP contribution is -2.40. The zero-order chi connectivity index (χ0) is 23.0. The maximum Gasteiger partial charge on any atom is 0.251 e. The summed E-state index contributed by atoms with van der Waals surface area (Å²) in [6.07, 6.45) is 2.01. The Hall–Kier alpha value is -3.34. The number of hydrogen-bond acceptors (Lipinski definition) is 4. The first kappa shape index (κ1) is 25.3. The number of anilines is 1. The molecule has 1 aliphatic heterocycles. The van der Waals surface area contributed by atoms with E-state index in [-0.39, 0.29) is 41.7 Å². The molecular weight excluding hydrogens is 545 g/mol. The molecule has 3 aromatic rings. The number of carbonyl (C=O) groups excluding carboxylic acids is 2. The van der Waals surface area contributed by atoms with Crippen LogP contribution in [0.5, 0.6) is 0 Å². The fourth-order valence-corrected chi connectivity index (χ4v) is 3.82. The number of halogens is 1. The molecule has 2 heterocycles. The van der Waals surface area contributed by atoms with Crippen LogP contribution in [0, 0.1) is 0 Å². The molecule has 0 saturated carbocycles. The van der Waals surface area contributed by atoms with E-state index in [1.165, 1.54) is 0 Å². The smallest absolute Gasteiger partial charge is 0.251 e. The number of carbonyl (C=O) groups is 2. The van der Waals surface area contributed by atoms with Gasteiger partial charge in [-0.15, -0.1) is 24.0 Å². The van der Waals surface area contributed by atoms with Crippen molar-refractivity contribution in [3.8, 4) is 0 Å². The van der Waals surface area contributed by atoms with Crippen molar-refractivity contribution in [2.45, 2.75) is 25.4 Å². The highest BCUT2D eigenvalue weighted by atomic mass is 127. The van der Waals surface area contributed by atoms with Crippen LogP contribution in [0.15, 0.2) is 76.3 Å². The topological polar surface area (TPSA) is 108 Å². The maximum absolute atomic E-state index is 12.4. The molecule has 4 rings (SSSR count). The van der Waals surface area contributed by atoms with Gasteiger partial charge in [-0.2, -0.15) is 0 Å². The van der Waals surface area contributed by atoms with Gasteiger partial charge in [0.25, 0.3) is 5.91 Å². The third-order valence-electron chi connectivity index (χ3n) is 5.50. The summed E-state index contributed by atoms with van der Waals surface area (Å²) >= 11 is 0. The van der Waals surface area contributed by atoms with E-state index in [9.17, 15) is 9.59 Å². The molecule has 2 aromatic carbocycles. The molecule has 178 valence electrons. The van der Waals surface area contributed by atoms with Crippen molar-refractivity contribution in [1.82, 2.24) is 16.0 Å². The second-order valence-corrected chi connectivity index (χ2v) is 7.81. The fraction of sp³-hybridized carbons (Fsp3) is 0.240. The molecule has 1 atom stereocenters. The van der Waals surface area contributed by atoms with Crippen LogP contribution < -0.4 is 21.3 Å². The first-order chi connectivity index (χ1) is 16.1. The van der Waals surface area contributed by atoms with Gasteiger partial charge >= 0.3 is 0 Å². The zero-order valence-electron chi connectivity index (χ0n) is 18.8. The Morgan fingerprint density at radius 2 is 1.91 bits per heavy atom. The van der Waals surface area contributed by atoms with Crippen molar-refractivity contribution >= 4 is 47.4 Å². The van der Waals surface area contributed by atoms with Crippen LogP contribution in [0.4, 0.5) is 5.69 Å². The Morgan fingerprint density at radius 3 is 2.71 bits per heavy atom. The van der Waals surface area contributed by atoms with Gasteiger partial charge in [-0.25, -0.2) is 0 Å². The SMILES string of the molecule is CN=C(NCc1cccc(C(=O)NCc2ccco2)c1)NCC1CC(=O)Nc2ccccc21.I. The molecule has 0 fully saturated rings. The van der Waals surface area contributed by atoms with Crippen LogP contribution in [0.2, 0.25) is 0 Å². The average Bonchev–Trinajstić information content (AvgIpc) is 3.36. The Morgan fingerprint density at radius 1 is 1.06 bits per heavy atom. The molecule has 4 N–H and O–H groups in total. The summed E-state index contributed by atoms with van der Waals surface area (Å²) in [7, 11) is 1.70. The van der Waals surface area contributed by atoms with E-state index in [1.807, 2.05) is 48.5 Å². The lowest BCUT2D eigenvalue weighted by Gasteiger charge is -2.26. The normalized spacial score (nSPS) is 14.9. The number of nitrogens with zero attached hydrogens (tertiary/aromatic N) is 1. The highest BCUT2D eigenvalue weighted by Gasteiger charge is 2.24. The Labute approximate surface area is 215 Å². The van der Waals surface area contributed by atoms with Crippen LogP contribution in [0.3, 0.4) is 0 Å². The van der Waals surface area contributed by atoms with Crippen LogP contribution >= 0.6 is 24.0 Å². The second kappa shape index (κ2) is 12.2. The lowest BCUT2D eigenvalue weighted by atomic mass is 9.90. The first-order valence-corrected chi connectivity index (χ1v) is 10.8. The van der Waals surface area contributed by atoms with E-state index in [1.54, 1.807) is 25.4 Å². The highest BCUT2D eigenvalue weighted by molar-refractivity contribution is 14.0. The number of guanidine groups is 1. The minimum Gasteiger partial charge on any atom is -0.467 e. The van der Waals surface area contributed by atoms with Gasteiger partial charge in [-0.1, -0.05) is 30.3 Å². The minimum absolute atomic E-state index is 0. The summed E-state index contributed by atoms with van der Waals surface area (Å²) in [5, 5.41) is 12.4. The molecule has 1 unspecified atom stereocenters. The van der Waals surface area contributed by atoms with Gasteiger partial charge in [0.1, 0.15) is 5.76 Å². The minimum atomic E-state index is -0.162. The van der Waals surface area contributed by atoms with Gasteiger partial charge < -0.3 is 25.7 Å². The number of furan rings is 1. The standard InChI is InChI=1S/C25H27N5O3.HI/c1-26-25(29-15-19-13-23(31)30-22-10-3-2-9-21(19)22)28-14-17-6-4-7-18(12-17)24(32)27-16-20-8-5-11-33-20;/h2-12,19H,13-16H2,1H3,(H,27,32)(H,30,31)(H2,26,28,29);1H. The number of para-hydroxylation sites is 1. The van der Waals surface area contributed by atoms with Crippen LogP contribution in [-0.2, 0) is 17.9 Å². The fourth-order valence-electron chi connectivity index (χ4n) is 3.82. The summed E-state index contributed by atoms with van der Waals surface area (Å²) in [6.45, 7) is 1.42. The summed E-state index contributed by atoms with van der Waals surface area (Å²) in [6, 6.07) is 18.9. The molecule has 1 aliphatic rings. The summed E-state index contributed by atoms with van der Waals surface area (Å²) in [4.78, 5) is 28.8. The molecule has 0 spiro atoms. The molecule has 0 bridgehead atoms. The largest absolute Gasteiger partial charge is 0.467 e. The molecule has 2 amide bonds. The molecule has 0 saturated heterocycles. The zero-order valence-corrected chi connectivity index (χ0v) is 21.2. The van der Waals surface area contributed by atoms with E-state index < -0.39 is 0 Å². The molecule has 0 radical (unpaired) electrons. The maximum atomic E-state index is 12.4. The Bertz CT molecular complexity index is 1150. The van der Waals surface area contributed by atoms with Gasteiger partial charge in [-0.3, -0.25) is 14.6 Å². The lowest BCUT2D eigenvalue weighted by molar-refractivity contribution is -0.116. The quantitative estimate of drug-likeness (QED) is 0.196. The average molecular weight is 573 g/mol. The van der Waals surface area contributed by atoms with Gasteiger partial charge in [0.2, 0.25) is 5.91 Å². The molecule has 8 nitrogen and oxygen atoms in total. The number of hydrogen-bond donors (Lipinski definition) is 4. The Balaban J connectivity index is 0.00000324. The van der Waals surface area contributed by atoms with Gasteiger partial charge in [-0.05, 0) is 41.5 Å². The van der Waals surface area contributed by atoms with Crippen LogP contribution in [-0.4, -0.2) is 31.4 Å². The number of aliphatic imine (C=N–C) groups is 1. The third kappa shape index (κ3) is 6.60. The first-order valence-electron chi connectivity index (χ1n) is 10.8. The van der Waals surface area contributed by atoms with Crippen LogP contribution in [0.1, 0.15) is 39.6 Å². The molecular formula is C25H28IN5O3. The van der Waals surface area contributed by atoms with E-state index in [4.69, 9.17) is 4.42 Å². The van der Waals surface area contributed by atoms with Crippen molar-refractivity contribution in [3.63, 3.8) is 0 Å². The number of benzene rings is 2. The molecule has 34 heavy (non-hydrogen) atoms. The monoisotopic (exact) mass is 573 g/mol. The third-order valence-corrected chi connectivity index (χ3v) is 5.50. The van der Waals surface area contributed by atoms with Crippen molar-refractivity contribution in [2.75, 3.05) is 18.9 Å². The van der Waals surface area contributed by atoms with Crippen LogP contribution in [0.25, 0.3) is 0 Å². The molecule has 1 aromatic heterocycles. The molecule has 9 heteroatoms. The Kier molecular flexibility index (Phi) is 9.08. The second-order valence-electron chi connectivity index (χ2n) is 7.81. The number of amides is 2. The van der Waals surface area contributed by atoms with Gasteiger partial charge in [0, 0.05) is 43.7 Å². The van der Waals surface area contributed by atoms with Crippen molar-refractivity contribution in [2.24, 2.45) is 4.99 Å². The summed E-state index contributed by atoms with van der Waals surface area (Å²) in [5.74, 6) is 1.26. The van der Waals surface area contributed by atoms with E-state index in [0.29, 0.717) is 43.3 Å². The van der Waals surface area contributed by atoms with Crippen molar-refractivity contribution in [1.29, 1.82) is 0 Å². The van der Waals surface area contributed by atoms with Gasteiger partial charge in [0.15, 0.2) is 5.96 Å². The van der Waals surface area contributed by atoms with Gasteiger partial charge in [0.05, 0.1) is 12.8 Å². The predicted molar refractivity (Wildman–Crippen MR) is 142 cm³/mol. The number of nitrogens with one attached hydrogen (secondary N) is 4. The predicted octanol–water partition coefficient (Wildman–Crippen LogP) is 3.62. The van der Waals surface area contributed by atoms with E-state index >= 15 is 0 Å². The van der Waals surface area contributed by atoms with Crippen molar-refractivity contribution in [3.05, 3.63) is 89.4 Å². The van der Waals surface area contributed by atoms with E-state index in [0.717, 1.165) is 16.8 Å². The summed E-state index contributed by atoms with van der Waals surface area (Å²) < 4.78 is 5.25. The van der Waals surface area contributed by atoms with E-state index in [2.05, 4.69) is 26.3 Å². The highest BCUT2D eigenvalue weighted by Crippen LogP contribution is 2.31. The number of fused-ring (bicyclic) bond motifs is 1.